The fraction of sp³-hybridized carbons (Fsp3) is 0.579. The SMILES string of the molecule is C[C@@H]1C[C@@H](C(=O)Cc2cccc(OC(F)(F)F)c2)N(C(=O)OC(C)(C)C)C1. The lowest BCUT2D eigenvalue weighted by Crippen LogP contribution is -2.43. The lowest BCUT2D eigenvalue weighted by atomic mass is 9.99. The number of likely N-dealkylation sites (tertiary alicyclic amines) is 1. The van der Waals surface area contributed by atoms with Gasteiger partial charge in [-0.05, 0) is 50.8 Å². The molecule has 0 N–H and O–H groups in total. The van der Waals surface area contributed by atoms with E-state index < -0.39 is 24.1 Å². The number of nitrogens with zero attached hydrogens (tertiary/aromatic N) is 1. The molecule has 150 valence electrons. The summed E-state index contributed by atoms with van der Waals surface area (Å²) in [6.07, 6.45) is -4.95. The van der Waals surface area contributed by atoms with E-state index in [4.69, 9.17) is 4.74 Å². The van der Waals surface area contributed by atoms with Gasteiger partial charge in [-0.3, -0.25) is 9.69 Å². The fourth-order valence-electron chi connectivity index (χ4n) is 3.05. The Morgan fingerprint density at radius 2 is 1.89 bits per heavy atom. The monoisotopic (exact) mass is 387 g/mol. The van der Waals surface area contributed by atoms with Gasteiger partial charge in [-0.1, -0.05) is 19.1 Å². The summed E-state index contributed by atoms with van der Waals surface area (Å²) in [6, 6.07) is 4.65. The Kier molecular flexibility index (Phi) is 6.07. The molecule has 1 aromatic rings. The van der Waals surface area contributed by atoms with Crippen molar-refractivity contribution in [3.63, 3.8) is 0 Å². The molecule has 1 saturated heterocycles. The molecule has 27 heavy (non-hydrogen) atoms. The van der Waals surface area contributed by atoms with Crippen molar-refractivity contribution in [2.24, 2.45) is 5.92 Å². The molecule has 2 rings (SSSR count). The molecule has 0 aliphatic carbocycles. The summed E-state index contributed by atoms with van der Waals surface area (Å²) in [5.74, 6) is -0.489. The summed E-state index contributed by atoms with van der Waals surface area (Å²) < 4.78 is 46.3. The maximum atomic E-state index is 12.7. The van der Waals surface area contributed by atoms with E-state index in [1.54, 1.807) is 26.8 Å². The van der Waals surface area contributed by atoms with Crippen molar-refractivity contribution in [2.45, 2.75) is 58.5 Å². The van der Waals surface area contributed by atoms with Crippen LogP contribution in [0.25, 0.3) is 0 Å². The van der Waals surface area contributed by atoms with Crippen molar-refractivity contribution in [1.82, 2.24) is 4.90 Å². The predicted octanol–water partition coefficient (Wildman–Crippen LogP) is 4.34. The summed E-state index contributed by atoms with van der Waals surface area (Å²) in [6.45, 7) is 7.57. The number of hydrogen-bond acceptors (Lipinski definition) is 4. The molecule has 1 aromatic carbocycles. The van der Waals surface area contributed by atoms with Crippen LogP contribution in [0, 0.1) is 5.92 Å². The Balaban J connectivity index is 2.09. The van der Waals surface area contributed by atoms with Gasteiger partial charge < -0.3 is 9.47 Å². The van der Waals surface area contributed by atoms with E-state index >= 15 is 0 Å². The lowest BCUT2D eigenvalue weighted by Gasteiger charge is -2.28. The predicted molar refractivity (Wildman–Crippen MR) is 92.3 cm³/mol. The molecule has 1 heterocycles. The van der Waals surface area contributed by atoms with Crippen LogP contribution in [0.5, 0.6) is 5.75 Å². The second-order valence-corrected chi connectivity index (χ2v) is 7.83. The topological polar surface area (TPSA) is 55.8 Å². The number of carbonyl (C=O) groups excluding carboxylic acids is 2. The Morgan fingerprint density at radius 3 is 2.48 bits per heavy atom. The molecule has 8 heteroatoms. The molecule has 2 atom stereocenters. The molecule has 1 aliphatic heterocycles. The molecule has 5 nitrogen and oxygen atoms in total. The van der Waals surface area contributed by atoms with E-state index in [9.17, 15) is 22.8 Å². The zero-order chi connectivity index (χ0) is 20.4. The third-order valence-electron chi connectivity index (χ3n) is 4.02. The van der Waals surface area contributed by atoms with E-state index in [0.29, 0.717) is 18.5 Å². The number of hydrogen-bond donors (Lipinski definition) is 0. The first kappa shape index (κ1) is 21.1. The van der Waals surface area contributed by atoms with Crippen LogP contribution in [-0.2, 0) is 16.0 Å². The minimum Gasteiger partial charge on any atom is -0.444 e. The summed E-state index contributed by atoms with van der Waals surface area (Å²) in [4.78, 5) is 26.5. The Morgan fingerprint density at radius 1 is 1.22 bits per heavy atom. The maximum Gasteiger partial charge on any atom is 0.573 e. The Hall–Kier alpha value is -2.25. The number of amides is 1. The van der Waals surface area contributed by atoms with Crippen molar-refractivity contribution >= 4 is 11.9 Å². The van der Waals surface area contributed by atoms with E-state index in [2.05, 4.69) is 4.74 Å². The third kappa shape index (κ3) is 6.45. The van der Waals surface area contributed by atoms with Crippen LogP contribution in [0.2, 0.25) is 0 Å². The highest BCUT2D eigenvalue weighted by atomic mass is 19.4. The summed E-state index contributed by atoms with van der Waals surface area (Å²) in [7, 11) is 0. The average Bonchev–Trinajstić information content (AvgIpc) is 2.86. The van der Waals surface area contributed by atoms with Gasteiger partial charge in [0.15, 0.2) is 5.78 Å². The zero-order valence-electron chi connectivity index (χ0n) is 15.8. The van der Waals surface area contributed by atoms with E-state index in [0.717, 1.165) is 0 Å². The molecule has 1 aliphatic rings. The Labute approximate surface area is 156 Å². The molecule has 0 radical (unpaired) electrons. The van der Waals surface area contributed by atoms with Gasteiger partial charge in [0.25, 0.3) is 0 Å². The van der Waals surface area contributed by atoms with Crippen LogP contribution in [0.1, 0.15) is 39.7 Å². The molecule has 1 amide bonds. The highest BCUT2D eigenvalue weighted by Crippen LogP contribution is 2.28. The number of halogens is 3. The fourth-order valence-corrected chi connectivity index (χ4v) is 3.05. The number of ketones is 1. The van der Waals surface area contributed by atoms with Crippen LogP contribution in [0.3, 0.4) is 0 Å². The quantitative estimate of drug-likeness (QED) is 0.771. The second kappa shape index (κ2) is 7.78. The van der Waals surface area contributed by atoms with Crippen molar-refractivity contribution in [3.05, 3.63) is 29.8 Å². The minimum atomic E-state index is -4.79. The van der Waals surface area contributed by atoms with Crippen molar-refractivity contribution in [3.8, 4) is 5.75 Å². The van der Waals surface area contributed by atoms with Gasteiger partial charge in [0.1, 0.15) is 11.4 Å². The van der Waals surface area contributed by atoms with E-state index in [-0.39, 0.29) is 23.9 Å². The molecule has 1 fully saturated rings. The van der Waals surface area contributed by atoms with Gasteiger partial charge in [0, 0.05) is 13.0 Å². The lowest BCUT2D eigenvalue weighted by molar-refractivity contribution is -0.274. The van der Waals surface area contributed by atoms with Crippen molar-refractivity contribution < 1.29 is 32.2 Å². The summed E-state index contributed by atoms with van der Waals surface area (Å²) in [5, 5.41) is 0. The first-order valence-corrected chi connectivity index (χ1v) is 8.71. The Bertz CT molecular complexity index is 697. The van der Waals surface area contributed by atoms with Gasteiger partial charge >= 0.3 is 12.5 Å². The number of rotatable bonds is 4. The summed E-state index contributed by atoms with van der Waals surface area (Å²) >= 11 is 0. The smallest absolute Gasteiger partial charge is 0.444 e. The normalized spacial score (nSPS) is 20.5. The number of carbonyl (C=O) groups is 2. The van der Waals surface area contributed by atoms with Crippen LogP contribution >= 0.6 is 0 Å². The number of ether oxygens (including phenoxy) is 2. The van der Waals surface area contributed by atoms with Crippen LogP contribution < -0.4 is 4.74 Å². The molecule has 0 unspecified atom stereocenters. The number of benzene rings is 1. The molecule has 0 aromatic heterocycles. The summed E-state index contributed by atoms with van der Waals surface area (Å²) in [5.41, 5.74) is -0.287. The first-order chi connectivity index (χ1) is 12.3. The largest absolute Gasteiger partial charge is 0.573 e. The first-order valence-electron chi connectivity index (χ1n) is 8.71. The van der Waals surface area contributed by atoms with Gasteiger partial charge in [0.2, 0.25) is 0 Å². The number of alkyl halides is 3. The highest BCUT2D eigenvalue weighted by molar-refractivity contribution is 5.89. The average molecular weight is 387 g/mol. The number of Topliss-reactive ketones (excluding diaryl/α,β-unsaturated/α-hetero) is 1. The van der Waals surface area contributed by atoms with Crippen molar-refractivity contribution in [2.75, 3.05) is 6.54 Å². The van der Waals surface area contributed by atoms with Gasteiger partial charge in [-0.2, -0.15) is 0 Å². The van der Waals surface area contributed by atoms with Gasteiger partial charge in [-0.25, -0.2) is 4.79 Å². The van der Waals surface area contributed by atoms with Gasteiger partial charge in [0.05, 0.1) is 6.04 Å². The molecule has 0 spiro atoms. The minimum absolute atomic E-state index is 0.0915. The molecular weight excluding hydrogens is 363 g/mol. The van der Waals surface area contributed by atoms with Crippen LogP contribution in [0.4, 0.5) is 18.0 Å². The standard InChI is InChI=1S/C19H24F3NO4/c1-12-8-15(23(11-12)17(25)27-18(2,3)4)16(24)10-13-6-5-7-14(9-13)26-19(20,21)22/h5-7,9,12,15H,8,10-11H2,1-4H3/t12-,15+/m1/s1. The van der Waals surface area contributed by atoms with E-state index in [1.165, 1.54) is 23.1 Å². The third-order valence-corrected chi connectivity index (χ3v) is 4.02. The highest BCUT2D eigenvalue weighted by Gasteiger charge is 2.39. The van der Waals surface area contributed by atoms with Gasteiger partial charge in [-0.15, -0.1) is 13.2 Å². The zero-order valence-corrected chi connectivity index (χ0v) is 15.8. The van der Waals surface area contributed by atoms with Crippen LogP contribution in [0.15, 0.2) is 24.3 Å². The van der Waals surface area contributed by atoms with Crippen molar-refractivity contribution in [1.29, 1.82) is 0 Å². The van der Waals surface area contributed by atoms with E-state index in [1.807, 2.05) is 6.92 Å². The second-order valence-electron chi connectivity index (χ2n) is 7.83. The maximum absolute atomic E-state index is 12.7. The van der Waals surface area contributed by atoms with Crippen LogP contribution in [-0.4, -0.2) is 41.3 Å². The molecule has 0 saturated carbocycles. The molecular formula is C19H24F3NO4. The molecule has 0 bridgehead atoms.